The molecule has 6 heteroatoms. The zero-order chi connectivity index (χ0) is 18.7. The minimum Gasteiger partial charge on any atom is -0.313 e. The maximum absolute atomic E-state index is 11.1. The summed E-state index contributed by atoms with van der Waals surface area (Å²) < 4.78 is 2.03. The topological polar surface area (TPSA) is 60.4 Å². The highest BCUT2D eigenvalue weighted by atomic mass is 32.1. The van der Waals surface area contributed by atoms with Crippen molar-refractivity contribution in [3.63, 3.8) is 0 Å². The summed E-state index contributed by atoms with van der Waals surface area (Å²) in [5.74, 6) is 0. The molecule has 0 aliphatic heterocycles. The van der Waals surface area contributed by atoms with Crippen LogP contribution in [0, 0.1) is 24.0 Å². The number of hydrogen-bond donors (Lipinski definition) is 0. The van der Waals surface area contributed by atoms with Gasteiger partial charge in [-0.3, -0.25) is 10.1 Å². The fourth-order valence-corrected chi connectivity index (χ4v) is 3.63. The molecule has 0 fully saturated rings. The summed E-state index contributed by atoms with van der Waals surface area (Å²) in [6, 6.07) is 12.7. The number of nitro benzene ring substituents is 1. The second-order valence-electron chi connectivity index (χ2n) is 5.94. The minimum absolute atomic E-state index is 0.0758. The van der Waals surface area contributed by atoms with Gasteiger partial charge in [-0.15, -0.1) is 17.9 Å². The van der Waals surface area contributed by atoms with Gasteiger partial charge in [-0.25, -0.2) is 4.99 Å². The fourth-order valence-electron chi connectivity index (χ4n) is 2.69. The second-order valence-corrected chi connectivity index (χ2v) is 6.78. The van der Waals surface area contributed by atoms with Gasteiger partial charge in [0.05, 0.1) is 16.3 Å². The third-order valence-electron chi connectivity index (χ3n) is 4.25. The number of benzene rings is 2. The fraction of sp³-hybridized carbons (Fsp3) is 0.150. The lowest BCUT2D eigenvalue weighted by Crippen LogP contribution is -2.15. The van der Waals surface area contributed by atoms with Gasteiger partial charge in [0.1, 0.15) is 0 Å². The van der Waals surface area contributed by atoms with Crippen molar-refractivity contribution >= 4 is 22.7 Å². The third kappa shape index (κ3) is 3.50. The van der Waals surface area contributed by atoms with E-state index in [0.29, 0.717) is 6.54 Å². The molecule has 26 heavy (non-hydrogen) atoms. The lowest BCUT2D eigenvalue weighted by Gasteiger charge is -2.07. The molecule has 1 heterocycles. The summed E-state index contributed by atoms with van der Waals surface area (Å²) >= 11 is 1.51. The van der Waals surface area contributed by atoms with Crippen LogP contribution >= 0.6 is 11.3 Å². The highest BCUT2D eigenvalue weighted by Gasteiger charge is 2.12. The molecule has 0 N–H and O–H groups in total. The van der Waals surface area contributed by atoms with Crippen molar-refractivity contribution < 1.29 is 4.92 Å². The van der Waals surface area contributed by atoms with E-state index in [-0.39, 0.29) is 10.6 Å². The number of nitrogens with zero attached hydrogens (tertiary/aromatic N) is 3. The summed E-state index contributed by atoms with van der Waals surface area (Å²) in [6.07, 6.45) is 1.80. The molecule has 3 rings (SSSR count). The molecule has 0 aliphatic rings. The van der Waals surface area contributed by atoms with Crippen LogP contribution in [0.5, 0.6) is 0 Å². The summed E-state index contributed by atoms with van der Waals surface area (Å²) in [5.41, 5.74) is 5.02. The molecule has 0 amide bonds. The Morgan fingerprint density at radius 3 is 2.77 bits per heavy atom. The van der Waals surface area contributed by atoms with Gasteiger partial charge >= 0.3 is 0 Å². The molecule has 5 nitrogen and oxygen atoms in total. The minimum atomic E-state index is -0.380. The van der Waals surface area contributed by atoms with Crippen molar-refractivity contribution in [2.45, 2.75) is 20.4 Å². The zero-order valence-electron chi connectivity index (χ0n) is 14.7. The van der Waals surface area contributed by atoms with Gasteiger partial charge in [0.25, 0.3) is 5.69 Å². The van der Waals surface area contributed by atoms with E-state index >= 15 is 0 Å². The van der Waals surface area contributed by atoms with Crippen LogP contribution in [0.1, 0.15) is 11.1 Å². The van der Waals surface area contributed by atoms with Crippen molar-refractivity contribution in [3.05, 3.63) is 86.5 Å². The Hall–Kier alpha value is -2.99. The number of rotatable bonds is 5. The van der Waals surface area contributed by atoms with Crippen molar-refractivity contribution in [2.24, 2.45) is 4.99 Å². The summed E-state index contributed by atoms with van der Waals surface area (Å²) in [6.45, 7) is 8.53. The molecule has 1 aromatic heterocycles. The van der Waals surface area contributed by atoms with Crippen molar-refractivity contribution in [1.82, 2.24) is 4.57 Å². The Bertz CT molecular complexity index is 1050. The van der Waals surface area contributed by atoms with Crippen LogP contribution in [0.15, 0.2) is 65.5 Å². The van der Waals surface area contributed by atoms with Crippen LogP contribution < -0.4 is 4.80 Å². The molecule has 0 bridgehead atoms. The molecule has 0 aliphatic carbocycles. The number of non-ortho nitro benzene ring substituents is 1. The Morgan fingerprint density at radius 1 is 1.27 bits per heavy atom. The largest absolute Gasteiger partial charge is 0.313 e. The van der Waals surface area contributed by atoms with Crippen LogP contribution in [-0.4, -0.2) is 9.49 Å². The standard InChI is InChI=1S/C20H19N3O2S/c1-4-11-22-19(16-8-6-9-17(12-16)23(24)25)13-26-20(22)21-18-10-5-7-14(2)15(18)3/h4-10,12-13H,1,11H2,2-3H3. The van der Waals surface area contributed by atoms with Gasteiger partial charge < -0.3 is 4.57 Å². The molecule has 3 aromatic rings. The SMILES string of the molecule is C=CCn1c(-c2cccc([N+](=O)[O-])c2)csc1=Nc1cccc(C)c1C. The summed E-state index contributed by atoms with van der Waals surface area (Å²) in [5, 5.41) is 13.1. The lowest BCUT2D eigenvalue weighted by molar-refractivity contribution is -0.384. The highest BCUT2D eigenvalue weighted by Crippen LogP contribution is 2.26. The Morgan fingerprint density at radius 2 is 2.04 bits per heavy atom. The van der Waals surface area contributed by atoms with Crippen LogP contribution in [0.4, 0.5) is 11.4 Å². The molecule has 0 atom stereocenters. The van der Waals surface area contributed by atoms with E-state index in [1.165, 1.54) is 23.0 Å². The average Bonchev–Trinajstić information content (AvgIpc) is 3.02. The van der Waals surface area contributed by atoms with E-state index < -0.39 is 0 Å². The Labute approximate surface area is 155 Å². The molecular formula is C20H19N3O2S. The molecule has 132 valence electrons. The van der Waals surface area contributed by atoms with E-state index in [2.05, 4.69) is 26.5 Å². The van der Waals surface area contributed by atoms with Gasteiger partial charge in [0.2, 0.25) is 0 Å². The predicted octanol–water partition coefficient (Wildman–Crippen LogP) is 5.16. The second kappa shape index (κ2) is 7.49. The molecular weight excluding hydrogens is 346 g/mol. The molecule has 2 aromatic carbocycles. The normalized spacial score (nSPS) is 11.5. The maximum atomic E-state index is 11.1. The van der Waals surface area contributed by atoms with Crippen LogP contribution in [0.3, 0.4) is 0 Å². The lowest BCUT2D eigenvalue weighted by atomic mass is 10.1. The van der Waals surface area contributed by atoms with E-state index in [0.717, 1.165) is 27.3 Å². The molecule has 0 radical (unpaired) electrons. The zero-order valence-corrected chi connectivity index (χ0v) is 15.5. The number of aryl methyl sites for hydroxylation is 1. The van der Waals surface area contributed by atoms with Crippen LogP contribution in [0.25, 0.3) is 11.3 Å². The first-order valence-corrected chi connectivity index (χ1v) is 9.04. The first-order chi connectivity index (χ1) is 12.5. The quantitative estimate of drug-likeness (QED) is 0.356. The molecule has 0 saturated carbocycles. The van der Waals surface area contributed by atoms with E-state index in [1.54, 1.807) is 18.2 Å². The predicted molar refractivity (Wildman–Crippen MR) is 106 cm³/mol. The number of allylic oxidation sites excluding steroid dienone is 1. The highest BCUT2D eigenvalue weighted by molar-refractivity contribution is 7.07. The molecule has 0 unspecified atom stereocenters. The third-order valence-corrected chi connectivity index (χ3v) is 5.12. The van der Waals surface area contributed by atoms with Crippen molar-refractivity contribution in [1.29, 1.82) is 0 Å². The van der Waals surface area contributed by atoms with Crippen molar-refractivity contribution in [3.8, 4) is 11.3 Å². The number of thiazole rings is 1. The Balaban J connectivity index is 2.17. The average molecular weight is 365 g/mol. The van der Waals surface area contributed by atoms with E-state index in [1.807, 2.05) is 28.1 Å². The van der Waals surface area contributed by atoms with E-state index in [9.17, 15) is 10.1 Å². The van der Waals surface area contributed by atoms with Gasteiger partial charge in [-0.1, -0.05) is 30.3 Å². The summed E-state index contributed by atoms with van der Waals surface area (Å²) in [7, 11) is 0. The molecule has 0 spiro atoms. The van der Waals surface area contributed by atoms with Gasteiger partial charge in [-0.2, -0.15) is 0 Å². The first-order valence-electron chi connectivity index (χ1n) is 8.16. The van der Waals surface area contributed by atoms with E-state index in [4.69, 9.17) is 4.99 Å². The summed E-state index contributed by atoms with van der Waals surface area (Å²) in [4.78, 5) is 16.4. The number of nitro groups is 1. The van der Waals surface area contributed by atoms with Crippen molar-refractivity contribution in [2.75, 3.05) is 0 Å². The smallest absolute Gasteiger partial charge is 0.270 e. The number of hydrogen-bond acceptors (Lipinski definition) is 4. The Kier molecular flexibility index (Phi) is 5.14. The van der Waals surface area contributed by atoms with Crippen LogP contribution in [-0.2, 0) is 6.54 Å². The first kappa shape index (κ1) is 17.8. The van der Waals surface area contributed by atoms with Gasteiger partial charge in [-0.05, 0) is 31.0 Å². The maximum Gasteiger partial charge on any atom is 0.270 e. The number of aromatic nitrogens is 1. The monoisotopic (exact) mass is 365 g/mol. The van der Waals surface area contributed by atoms with Gasteiger partial charge in [0, 0.05) is 29.6 Å². The molecule has 0 saturated heterocycles. The van der Waals surface area contributed by atoms with Gasteiger partial charge in [0.15, 0.2) is 4.80 Å². The van der Waals surface area contributed by atoms with Crippen LogP contribution in [0.2, 0.25) is 0 Å².